The van der Waals surface area contributed by atoms with Crippen LogP contribution < -0.4 is 10.6 Å². The van der Waals surface area contributed by atoms with Crippen molar-refractivity contribution in [1.82, 2.24) is 15.1 Å². The number of hydrogen-bond donors (Lipinski definition) is 3. The van der Waals surface area contributed by atoms with Gasteiger partial charge in [0.1, 0.15) is 11.8 Å². The van der Waals surface area contributed by atoms with Crippen molar-refractivity contribution in [3.05, 3.63) is 59.1 Å². The molecule has 0 unspecified atom stereocenters. The fourth-order valence-corrected chi connectivity index (χ4v) is 4.49. The molecule has 2 heterocycles. The Hall–Kier alpha value is -2.81. The van der Waals surface area contributed by atoms with Gasteiger partial charge in [-0.05, 0) is 54.8 Å². The van der Waals surface area contributed by atoms with E-state index in [-0.39, 0.29) is 11.7 Å². The molecule has 1 atom stereocenters. The highest BCUT2D eigenvalue weighted by Crippen LogP contribution is 2.24. The molecular formula is C24H29ClN4O4. The third-order valence-electron chi connectivity index (χ3n) is 6.19. The Morgan fingerprint density at radius 3 is 2.24 bits per heavy atom. The first-order valence-corrected chi connectivity index (χ1v) is 11.6. The number of phenols is 1. The Morgan fingerprint density at radius 1 is 0.970 bits per heavy atom. The maximum Gasteiger partial charge on any atom is 0.320 e. The van der Waals surface area contributed by atoms with E-state index in [1.54, 1.807) is 36.4 Å². The SMILES string of the molecule is O=C(Nc1ccc(Cl)cc1)N[C@@H](C(=O)N1CCC(N2CCOCC2)CC1)c1ccc(O)cc1. The van der Waals surface area contributed by atoms with Crippen LogP contribution in [0.25, 0.3) is 0 Å². The van der Waals surface area contributed by atoms with Gasteiger partial charge in [0.05, 0.1) is 13.2 Å². The molecule has 0 aliphatic carbocycles. The van der Waals surface area contributed by atoms with Crippen molar-refractivity contribution >= 4 is 29.2 Å². The Labute approximate surface area is 198 Å². The van der Waals surface area contributed by atoms with E-state index < -0.39 is 12.1 Å². The Kier molecular flexibility index (Phi) is 7.69. The summed E-state index contributed by atoms with van der Waals surface area (Å²) in [5.41, 5.74) is 1.18. The van der Waals surface area contributed by atoms with Gasteiger partial charge in [-0.3, -0.25) is 9.69 Å². The number of phenolic OH excluding ortho intramolecular Hbond substituents is 1. The topological polar surface area (TPSA) is 94.1 Å². The van der Waals surface area contributed by atoms with Crippen molar-refractivity contribution in [1.29, 1.82) is 0 Å². The number of carbonyl (C=O) groups excluding carboxylic acids is 2. The molecule has 4 rings (SSSR count). The standard InChI is InChI=1S/C24H29ClN4O4/c25-18-3-5-19(6-4-18)26-24(32)27-22(17-1-7-21(30)8-2-17)23(31)29-11-9-20(10-12-29)28-13-15-33-16-14-28/h1-8,20,22,30H,9-16H2,(H2,26,27,32)/t22-/m1/s1. The highest BCUT2D eigenvalue weighted by molar-refractivity contribution is 6.30. The molecule has 3 N–H and O–H groups in total. The minimum Gasteiger partial charge on any atom is -0.508 e. The summed E-state index contributed by atoms with van der Waals surface area (Å²) < 4.78 is 5.45. The van der Waals surface area contributed by atoms with Gasteiger partial charge in [-0.25, -0.2) is 4.79 Å². The highest BCUT2D eigenvalue weighted by atomic mass is 35.5. The molecule has 0 radical (unpaired) electrons. The van der Waals surface area contributed by atoms with Crippen LogP contribution in [0.5, 0.6) is 5.75 Å². The van der Waals surface area contributed by atoms with Crippen LogP contribution in [0.1, 0.15) is 24.4 Å². The van der Waals surface area contributed by atoms with Crippen LogP contribution in [0, 0.1) is 0 Å². The van der Waals surface area contributed by atoms with E-state index in [9.17, 15) is 14.7 Å². The maximum atomic E-state index is 13.5. The molecule has 2 aromatic carbocycles. The number of nitrogens with zero attached hydrogens (tertiary/aromatic N) is 2. The molecule has 176 valence electrons. The van der Waals surface area contributed by atoms with Gasteiger partial charge in [0.15, 0.2) is 0 Å². The van der Waals surface area contributed by atoms with Crippen molar-refractivity contribution in [3.63, 3.8) is 0 Å². The summed E-state index contributed by atoms with van der Waals surface area (Å²) in [7, 11) is 0. The van der Waals surface area contributed by atoms with E-state index in [0.29, 0.717) is 35.4 Å². The molecule has 2 fully saturated rings. The van der Waals surface area contributed by atoms with Crippen LogP contribution in [0.15, 0.2) is 48.5 Å². The number of morpholine rings is 1. The van der Waals surface area contributed by atoms with Crippen molar-refractivity contribution in [3.8, 4) is 5.75 Å². The van der Waals surface area contributed by atoms with Gasteiger partial charge in [-0.15, -0.1) is 0 Å². The van der Waals surface area contributed by atoms with Crippen LogP contribution in [0.3, 0.4) is 0 Å². The van der Waals surface area contributed by atoms with Gasteiger partial charge >= 0.3 is 6.03 Å². The third kappa shape index (κ3) is 6.16. The molecule has 2 aliphatic rings. The monoisotopic (exact) mass is 472 g/mol. The van der Waals surface area contributed by atoms with E-state index in [1.807, 2.05) is 4.90 Å². The molecule has 2 aliphatic heterocycles. The number of urea groups is 1. The molecule has 33 heavy (non-hydrogen) atoms. The second-order valence-corrected chi connectivity index (χ2v) is 8.77. The summed E-state index contributed by atoms with van der Waals surface area (Å²) >= 11 is 5.90. The largest absolute Gasteiger partial charge is 0.508 e. The smallest absolute Gasteiger partial charge is 0.320 e. The first-order valence-electron chi connectivity index (χ1n) is 11.2. The number of ether oxygens (including phenoxy) is 1. The van der Waals surface area contributed by atoms with Crippen molar-refractivity contribution < 1.29 is 19.4 Å². The molecule has 3 amide bonds. The number of piperidine rings is 1. The van der Waals surface area contributed by atoms with E-state index in [2.05, 4.69) is 15.5 Å². The number of amides is 3. The van der Waals surface area contributed by atoms with Gasteiger partial charge in [0.2, 0.25) is 5.91 Å². The zero-order valence-corrected chi connectivity index (χ0v) is 19.1. The van der Waals surface area contributed by atoms with E-state index in [4.69, 9.17) is 16.3 Å². The van der Waals surface area contributed by atoms with Gasteiger partial charge in [0.25, 0.3) is 0 Å². The van der Waals surface area contributed by atoms with Crippen LogP contribution in [0.4, 0.5) is 10.5 Å². The van der Waals surface area contributed by atoms with E-state index in [0.717, 1.165) is 39.1 Å². The first kappa shape index (κ1) is 23.4. The second-order valence-electron chi connectivity index (χ2n) is 8.33. The summed E-state index contributed by atoms with van der Waals surface area (Å²) in [6, 6.07) is 12.2. The lowest BCUT2D eigenvalue weighted by molar-refractivity contribution is -0.135. The number of anilines is 1. The lowest BCUT2D eigenvalue weighted by Crippen LogP contribution is -2.52. The predicted octanol–water partition coefficient (Wildman–Crippen LogP) is 3.23. The fourth-order valence-electron chi connectivity index (χ4n) is 4.36. The third-order valence-corrected chi connectivity index (χ3v) is 6.44. The number of carbonyl (C=O) groups is 2. The zero-order valence-electron chi connectivity index (χ0n) is 18.4. The Balaban J connectivity index is 1.42. The lowest BCUT2D eigenvalue weighted by atomic mass is 10.00. The Morgan fingerprint density at radius 2 is 1.61 bits per heavy atom. The van der Waals surface area contributed by atoms with Crippen molar-refractivity contribution in [2.45, 2.75) is 24.9 Å². The minimum atomic E-state index is -0.863. The zero-order chi connectivity index (χ0) is 23.2. The number of likely N-dealkylation sites (tertiary alicyclic amines) is 1. The van der Waals surface area contributed by atoms with Crippen LogP contribution >= 0.6 is 11.6 Å². The molecule has 0 saturated carbocycles. The molecule has 8 nitrogen and oxygen atoms in total. The first-order chi connectivity index (χ1) is 16.0. The number of rotatable bonds is 5. The molecule has 2 aromatic rings. The van der Waals surface area contributed by atoms with Crippen molar-refractivity contribution in [2.24, 2.45) is 0 Å². The van der Waals surface area contributed by atoms with Crippen LogP contribution in [-0.4, -0.2) is 72.3 Å². The normalized spacial score (nSPS) is 18.5. The fraction of sp³-hybridized carbons (Fsp3) is 0.417. The average Bonchev–Trinajstić information content (AvgIpc) is 2.85. The average molecular weight is 473 g/mol. The molecule has 9 heteroatoms. The quantitative estimate of drug-likeness (QED) is 0.621. The highest BCUT2D eigenvalue weighted by Gasteiger charge is 2.32. The van der Waals surface area contributed by atoms with Crippen LogP contribution in [0.2, 0.25) is 5.02 Å². The number of hydrogen-bond acceptors (Lipinski definition) is 5. The van der Waals surface area contributed by atoms with Gasteiger partial charge in [-0.1, -0.05) is 23.7 Å². The Bertz CT molecular complexity index is 940. The molecule has 0 bridgehead atoms. The summed E-state index contributed by atoms with van der Waals surface area (Å²) in [5, 5.41) is 15.8. The number of halogens is 1. The summed E-state index contributed by atoms with van der Waals surface area (Å²) in [4.78, 5) is 30.4. The van der Waals surface area contributed by atoms with E-state index >= 15 is 0 Å². The summed E-state index contributed by atoms with van der Waals surface area (Å²) in [6.45, 7) is 4.65. The van der Waals surface area contributed by atoms with E-state index in [1.165, 1.54) is 12.1 Å². The molecular weight excluding hydrogens is 444 g/mol. The molecule has 0 aromatic heterocycles. The summed E-state index contributed by atoms with van der Waals surface area (Å²) in [6.07, 6.45) is 1.79. The van der Waals surface area contributed by atoms with Gasteiger partial charge < -0.3 is 25.4 Å². The lowest BCUT2D eigenvalue weighted by Gasteiger charge is -2.40. The number of nitrogens with one attached hydrogen (secondary N) is 2. The number of aromatic hydroxyl groups is 1. The predicted molar refractivity (Wildman–Crippen MR) is 126 cm³/mol. The van der Waals surface area contributed by atoms with Gasteiger partial charge in [-0.2, -0.15) is 0 Å². The summed E-state index contributed by atoms with van der Waals surface area (Å²) in [5.74, 6) is -0.0609. The van der Waals surface area contributed by atoms with Gasteiger partial charge in [0, 0.05) is 42.9 Å². The molecule has 0 spiro atoms. The second kappa shape index (κ2) is 10.9. The minimum absolute atomic E-state index is 0.0990. The molecule has 2 saturated heterocycles. The van der Waals surface area contributed by atoms with Crippen molar-refractivity contribution in [2.75, 3.05) is 44.7 Å². The maximum absolute atomic E-state index is 13.5. The van der Waals surface area contributed by atoms with Crippen LogP contribution in [-0.2, 0) is 9.53 Å². The number of benzene rings is 2.